The van der Waals surface area contributed by atoms with Crippen LogP contribution in [0.4, 0.5) is 5.95 Å². The van der Waals surface area contributed by atoms with Gasteiger partial charge in [0.25, 0.3) is 0 Å². The molecule has 0 amide bonds. The lowest BCUT2D eigenvalue weighted by Crippen LogP contribution is -2.12. The molecule has 0 spiro atoms. The van der Waals surface area contributed by atoms with E-state index in [0.29, 0.717) is 6.61 Å². The molecule has 2 rings (SSSR count). The van der Waals surface area contributed by atoms with Gasteiger partial charge in [-0.1, -0.05) is 23.7 Å². The number of aryl methyl sites for hydroxylation is 1. The molecule has 5 heteroatoms. The van der Waals surface area contributed by atoms with E-state index in [2.05, 4.69) is 20.9 Å². The molecule has 0 unspecified atom stereocenters. The summed E-state index contributed by atoms with van der Waals surface area (Å²) >= 11 is 6.00. The van der Waals surface area contributed by atoms with Crippen LogP contribution in [0.1, 0.15) is 11.3 Å². The van der Waals surface area contributed by atoms with E-state index in [0.717, 1.165) is 35.3 Å². The van der Waals surface area contributed by atoms with Crippen molar-refractivity contribution < 1.29 is 4.74 Å². The zero-order valence-electron chi connectivity index (χ0n) is 11.2. The molecule has 0 aliphatic rings. The molecule has 19 heavy (non-hydrogen) atoms. The predicted octanol–water partition coefficient (Wildman–Crippen LogP) is 2.95. The fourth-order valence-corrected chi connectivity index (χ4v) is 2.12. The smallest absolute Gasteiger partial charge is 0.203 e. The number of benzene rings is 1. The summed E-state index contributed by atoms with van der Waals surface area (Å²) in [5.74, 6) is 0.856. The van der Waals surface area contributed by atoms with Gasteiger partial charge in [-0.25, -0.2) is 4.98 Å². The Morgan fingerprint density at radius 3 is 3.00 bits per heavy atom. The van der Waals surface area contributed by atoms with E-state index < -0.39 is 0 Å². The summed E-state index contributed by atoms with van der Waals surface area (Å²) in [5.41, 5.74) is 2.14. The number of hydrogen-bond donors (Lipinski definition) is 1. The third-order valence-corrected chi connectivity index (χ3v) is 2.96. The minimum atomic E-state index is 0.656. The summed E-state index contributed by atoms with van der Waals surface area (Å²) in [6.45, 7) is 4.12. The summed E-state index contributed by atoms with van der Waals surface area (Å²) in [6.07, 6.45) is 2.02. The highest BCUT2D eigenvalue weighted by Gasteiger charge is 2.06. The van der Waals surface area contributed by atoms with Gasteiger partial charge in [-0.15, -0.1) is 0 Å². The van der Waals surface area contributed by atoms with Crippen molar-refractivity contribution in [3.8, 4) is 0 Å². The molecule has 0 saturated carbocycles. The Kier molecular flexibility index (Phi) is 4.82. The van der Waals surface area contributed by atoms with E-state index in [-0.39, 0.29) is 0 Å². The number of aromatic nitrogens is 2. The number of hydrogen-bond acceptors (Lipinski definition) is 3. The van der Waals surface area contributed by atoms with Crippen LogP contribution in [0.2, 0.25) is 5.02 Å². The lowest BCUT2D eigenvalue weighted by atomic mass is 10.2. The first-order chi connectivity index (χ1) is 9.19. The summed E-state index contributed by atoms with van der Waals surface area (Å²) in [7, 11) is 1.69. The maximum atomic E-state index is 6.00. The van der Waals surface area contributed by atoms with E-state index in [1.54, 1.807) is 7.11 Å². The van der Waals surface area contributed by atoms with Gasteiger partial charge >= 0.3 is 0 Å². The van der Waals surface area contributed by atoms with Gasteiger partial charge in [-0.05, 0) is 24.6 Å². The Morgan fingerprint density at radius 2 is 2.26 bits per heavy atom. The molecule has 2 aromatic rings. The van der Waals surface area contributed by atoms with Crippen molar-refractivity contribution in [2.75, 3.05) is 25.6 Å². The topological polar surface area (TPSA) is 39.1 Å². The summed E-state index contributed by atoms with van der Waals surface area (Å²) in [6, 6.07) is 7.86. The van der Waals surface area contributed by atoms with E-state index in [1.807, 2.05) is 31.3 Å². The second-order valence-corrected chi connectivity index (χ2v) is 4.82. The second kappa shape index (κ2) is 6.59. The Balaban J connectivity index is 2.10. The van der Waals surface area contributed by atoms with Crippen LogP contribution in [-0.4, -0.2) is 29.8 Å². The predicted molar refractivity (Wildman–Crippen MR) is 77.9 cm³/mol. The van der Waals surface area contributed by atoms with Crippen LogP contribution < -0.4 is 5.32 Å². The number of anilines is 1. The number of nitrogens with one attached hydrogen (secondary N) is 1. The molecule has 1 aromatic heterocycles. The Hall–Kier alpha value is -1.52. The number of halogens is 1. The zero-order valence-corrected chi connectivity index (χ0v) is 11.9. The molecule has 0 aliphatic heterocycles. The highest BCUT2D eigenvalue weighted by molar-refractivity contribution is 6.30. The minimum Gasteiger partial charge on any atom is -0.383 e. The van der Waals surface area contributed by atoms with E-state index in [4.69, 9.17) is 16.3 Å². The molecule has 4 nitrogen and oxygen atoms in total. The molecule has 0 radical (unpaired) electrons. The van der Waals surface area contributed by atoms with Crippen molar-refractivity contribution in [2.24, 2.45) is 0 Å². The molecule has 0 saturated heterocycles. The quantitative estimate of drug-likeness (QED) is 0.827. The average molecular weight is 280 g/mol. The van der Waals surface area contributed by atoms with Gasteiger partial charge in [0, 0.05) is 24.9 Å². The van der Waals surface area contributed by atoms with Crippen LogP contribution in [-0.2, 0) is 11.3 Å². The Morgan fingerprint density at radius 1 is 1.42 bits per heavy atom. The molecular formula is C14H18ClN3O. The summed E-state index contributed by atoms with van der Waals surface area (Å²) in [5, 5.41) is 4.02. The van der Waals surface area contributed by atoms with Gasteiger partial charge in [0.2, 0.25) is 5.95 Å². The van der Waals surface area contributed by atoms with Crippen LogP contribution >= 0.6 is 11.6 Å². The normalized spacial score (nSPS) is 10.7. The van der Waals surface area contributed by atoms with E-state index in [9.17, 15) is 0 Å². The Labute approximate surface area is 118 Å². The Bertz CT molecular complexity index is 539. The van der Waals surface area contributed by atoms with Crippen LogP contribution in [0.3, 0.4) is 0 Å². The minimum absolute atomic E-state index is 0.656. The lowest BCUT2D eigenvalue weighted by Gasteiger charge is -2.09. The average Bonchev–Trinajstić information content (AvgIpc) is 2.70. The maximum absolute atomic E-state index is 6.00. The number of rotatable bonds is 6. The molecule has 0 aliphatic carbocycles. The van der Waals surface area contributed by atoms with Crippen molar-refractivity contribution in [2.45, 2.75) is 13.5 Å². The maximum Gasteiger partial charge on any atom is 0.203 e. The summed E-state index contributed by atoms with van der Waals surface area (Å²) < 4.78 is 7.11. The van der Waals surface area contributed by atoms with Crippen molar-refractivity contribution >= 4 is 17.5 Å². The van der Waals surface area contributed by atoms with Gasteiger partial charge in [0.15, 0.2) is 0 Å². The monoisotopic (exact) mass is 279 g/mol. The third kappa shape index (κ3) is 3.98. The molecule has 0 atom stereocenters. The van der Waals surface area contributed by atoms with Crippen LogP contribution in [0, 0.1) is 6.92 Å². The first-order valence-corrected chi connectivity index (χ1v) is 6.58. The van der Waals surface area contributed by atoms with Gasteiger partial charge in [-0.2, -0.15) is 0 Å². The molecule has 1 N–H and O–H groups in total. The SMILES string of the molecule is COCCNc1nc(C)cn1Cc1cccc(Cl)c1. The number of nitrogens with zero attached hydrogens (tertiary/aromatic N) is 2. The summed E-state index contributed by atoms with van der Waals surface area (Å²) in [4.78, 5) is 4.46. The number of methoxy groups -OCH3 is 1. The molecule has 1 heterocycles. The van der Waals surface area contributed by atoms with Crippen molar-refractivity contribution in [1.82, 2.24) is 9.55 Å². The van der Waals surface area contributed by atoms with Crippen LogP contribution in [0.25, 0.3) is 0 Å². The van der Waals surface area contributed by atoms with Crippen molar-refractivity contribution in [3.05, 3.63) is 46.7 Å². The molecule has 102 valence electrons. The van der Waals surface area contributed by atoms with Gasteiger partial charge < -0.3 is 14.6 Å². The van der Waals surface area contributed by atoms with Crippen LogP contribution in [0.15, 0.2) is 30.5 Å². The highest BCUT2D eigenvalue weighted by atomic mass is 35.5. The van der Waals surface area contributed by atoms with Crippen molar-refractivity contribution in [3.63, 3.8) is 0 Å². The zero-order chi connectivity index (χ0) is 13.7. The van der Waals surface area contributed by atoms with Crippen LogP contribution in [0.5, 0.6) is 0 Å². The highest BCUT2D eigenvalue weighted by Crippen LogP contribution is 2.15. The standard InChI is InChI=1S/C14H18ClN3O/c1-11-9-18(14(17-11)16-6-7-19-2)10-12-4-3-5-13(15)8-12/h3-5,8-9H,6-7,10H2,1-2H3,(H,16,17). The van der Waals surface area contributed by atoms with Gasteiger partial charge in [0.05, 0.1) is 18.8 Å². The van der Waals surface area contributed by atoms with E-state index in [1.165, 1.54) is 0 Å². The van der Waals surface area contributed by atoms with E-state index >= 15 is 0 Å². The molecule has 0 fully saturated rings. The third-order valence-electron chi connectivity index (χ3n) is 2.73. The van der Waals surface area contributed by atoms with Gasteiger partial charge in [-0.3, -0.25) is 0 Å². The number of ether oxygens (including phenoxy) is 1. The van der Waals surface area contributed by atoms with Gasteiger partial charge in [0.1, 0.15) is 0 Å². The first-order valence-electron chi connectivity index (χ1n) is 6.20. The second-order valence-electron chi connectivity index (χ2n) is 4.38. The number of imidazole rings is 1. The largest absolute Gasteiger partial charge is 0.383 e. The molecular weight excluding hydrogens is 262 g/mol. The first kappa shape index (κ1) is 13.9. The molecule has 1 aromatic carbocycles. The fourth-order valence-electron chi connectivity index (χ4n) is 1.91. The molecule has 0 bridgehead atoms. The fraction of sp³-hybridized carbons (Fsp3) is 0.357. The van der Waals surface area contributed by atoms with Crippen molar-refractivity contribution in [1.29, 1.82) is 0 Å². The lowest BCUT2D eigenvalue weighted by molar-refractivity contribution is 0.210.